The Labute approximate surface area is 81.3 Å². The molecule has 0 N–H and O–H groups in total. The Morgan fingerprint density at radius 2 is 1.92 bits per heavy atom. The van der Waals surface area contributed by atoms with Gasteiger partial charge in [-0.3, -0.25) is 4.90 Å². The number of ether oxygens (including phenoxy) is 1. The molecular weight excluding hydrogens is 162 g/mol. The van der Waals surface area contributed by atoms with E-state index in [2.05, 4.69) is 25.7 Å². The standard InChI is InChI=1S/C11H21NO/c1-10(2,3)12-7-11(8-12)6-5-9(11)13-4/h9H,5-8H2,1-4H3. The smallest absolute Gasteiger partial charge is 0.0652 e. The van der Waals surface area contributed by atoms with Crippen molar-refractivity contribution in [2.45, 2.75) is 45.3 Å². The van der Waals surface area contributed by atoms with Gasteiger partial charge in [-0.15, -0.1) is 0 Å². The molecule has 1 saturated carbocycles. The molecule has 0 amide bonds. The number of rotatable bonds is 1. The fourth-order valence-electron chi connectivity index (χ4n) is 2.59. The molecule has 1 aliphatic heterocycles. The van der Waals surface area contributed by atoms with Crippen LogP contribution in [0.2, 0.25) is 0 Å². The summed E-state index contributed by atoms with van der Waals surface area (Å²) in [6, 6.07) is 0. The quantitative estimate of drug-likeness (QED) is 0.615. The molecule has 2 aliphatic rings. The highest BCUT2D eigenvalue weighted by Gasteiger charge is 2.56. The number of nitrogens with zero attached hydrogens (tertiary/aromatic N) is 1. The zero-order valence-corrected chi connectivity index (χ0v) is 9.26. The van der Waals surface area contributed by atoms with E-state index in [4.69, 9.17) is 4.74 Å². The Kier molecular flexibility index (Phi) is 1.97. The zero-order valence-electron chi connectivity index (χ0n) is 9.26. The maximum absolute atomic E-state index is 5.48. The topological polar surface area (TPSA) is 12.5 Å². The SMILES string of the molecule is COC1CCC12CN(C(C)(C)C)C2. The van der Waals surface area contributed by atoms with Crippen LogP contribution in [-0.2, 0) is 4.74 Å². The van der Waals surface area contributed by atoms with E-state index in [1.165, 1.54) is 25.9 Å². The van der Waals surface area contributed by atoms with Crippen molar-refractivity contribution < 1.29 is 4.74 Å². The van der Waals surface area contributed by atoms with Crippen LogP contribution < -0.4 is 0 Å². The van der Waals surface area contributed by atoms with Crippen molar-refractivity contribution in [1.82, 2.24) is 4.90 Å². The Hall–Kier alpha value is -0.0800. The molecule has 0 aromatic carbocycles. The van der Waals surface area contributed by atoms with E-state index in [0.29, 0.717) is 17.1 Å². The molecule has 1 heterocycles. The molecule has 1 aliphatic carbocycles. The minimum atomic E-state index is 0.346. The second-order valence-electron chi connectivity index (χ2n) is 5.65. The molecule has 2 heteroatoms. The molecule has 2 rings (SSSR count). The summed E-state index contributed by atoms with van der Waals surface area (Å²) in [5.74, 6) is 0. The normalized spacial score (nSPS) is 32.8. The van der Waals surface area contributed by atoms with E-state index >= 15 is 0 Å². The molecule has 1 unspecified atom stereocenters. The van der Waals surface area contributed by atoms with Crippen LogP contribution >= 0.6 is 0 Å². The molecule has 0 radical (unpaired) electrons. The zero-order chi connectivity index (χ0) is 9.69. The van der Waals surface area contributed by atoms with Gasteiger partial charge in [0.25, 0.3) is 0 Å². The number of likely N-dealkylation sites (tertiary alicyclic amines) is 1. The van der Waals surface area contributed by atoms with E-state index < -0.39 is 0 Å². The van der Waals surface area contributed by atoms with Gasteiger partial charge in [-0.2, -0.15) is 0 Å². The fourth-order valence-corrected chi connectivity index (χ4v) is 2.59. The van der Waals surface area contributed by atoms with E-state index in [1.54, 1.807) is 0 Å². The largest absolute Gasteiger partial charge is 0.381 e. The van der Waals surface area contributed by atoms with Gasteiger partial charge in [-0.1, -0.05) is 0 Å². The second-order valence-corrected chi connectivity index (χ2v) is 5.65. The van der Waals surface area contributed by atoms with Crippen LogP contribution in [0.1, 0.15) is 33.6 Å². The van der Waals surface area contributed by atoms with Crippen molar-refractivity contribution in [3.05, 3.63) is 0 Å². The molecule has 0 aromatic rings. The monoisotopic (exact) mass is 183 g/mol. The summed E-state index contributed by atoms with van der Waals surface area (Å²) in [6.07, 6.45) is 3.19. The van der Waals surface area contributed by atoms with E-state index in [9.17, 15) is 0 Å². The summed E-state index contributed by atoms with van der Waals surface area (Å²) in [5.41, 5.74) is 0.890. The van der Waals surface area contributed by atoms with Crippen LogP contribution in [0.5, 0.6) is 0 Å². The summed E-state index contributed by atoms with van der Waals surface area (Å²) in [5, 5.41) is 0. The first-order chi connectivity index (χ1) is 5.98. The predicted molar refractivity (Wildman–Crippen MR) is 53.8 cm³/mol. The third kappa shape index (κ3) is 1.31. The van der Waals surface area contributed by atoms with Gasteiger partial charge in [-0.25, -0.2) is 0 Å². The maximum atomic E-state index is 5.48. The lowest BCUT2D eigenvalue weighted by Gasteiger charge is -2.63. The van der Waals surface area contributed by atoms with Gasteiger partial charge in [0.15, 0.2) is 0 Å². The van der Waals surface area contributed by atoms with Gasteiger partial charge in [-0.05, 0) is 33.6 Å². The van der Waals surface area contributed by atoms with Crippen molar-refractivity contribution in [3.63, 3.8) is 0 Å². The maximum Gasteiger partial charge on any atom is 0.0652 e. The van der Waals surface area contributed by atoms with Crippen LogP contribution in [0.3, 0.4) is 0 Å². The summed E-state index contributed by atoms with van der Waals surface area (Å²) in [7, 11) is 1.85. The highest BCUT2D eigenvalue weighted by atomic mass is 16.5. The lowest BCUT2D eigenvalue weighted by atomic mass is 9.60. The van der Waals surface area contributed by atoms with Gasteiger partial charge in [0.2, 0.25) is 0 Å². The summed E-state index contributed by atoms with van der Waals surface area (Å²) >= 11 is 0. The third-order valence-corrected chi connectivity index (χ3v) is 3.83. The Morgan fingerprint density at radius 3 is 2.23 bits per heavy atom. The van der Waals surface area contributed by atoms with Gasteiger partial charge < -0.3 is 4.74 Å². The van der Waals surface area contributed by atoms with Crippen LogP contribution in [0, 0.1) is 5.41 Å². The summed E-state index contributed by atoms with van der Waals surface area (Å²) in [4.78, 5) is 2.55. The van der Waals surface area contributed by atoms with Crippen molar-refractivity contribution in [1.29, 1.82) is 0 Å². The van der Waals surface area contributed by atoms with Gasteiger partial charge in [0.1, 0.15) is 0 Å². The van der Waals surface area contributed by atoms with Gasteiger partial charge in [0, 0.05) is 31.2 Å². The van der Waals surface area contributed by atoms with Crippen molar-refractivity contribution >= 4 is 0 Å². The summed E-state index contributed by atoms with van der Waals surface area (Å²) in [6.45, 7) is 9.37. The Bertz CT molecular complexity index is 199. The van der Waals surface area contributed by atoms with Gasteiger partial charge in [0.05, 0.1) is 6.10 Å². The second kappa shape index (κ2) is 2.71. The molecule has 0 aromatic heterocycles. The van der Waals surface area contributed by atoms with Crippen molar-refractivity contribution in [2.75, 3.05) is 20.2 Å². The third-order valence-electron chi connectivity index (χ3n) is 3.83. The molecule has 76 valence electrons. The summed E-state index contributed by atoms with van der Waals surface area (Å²) < 4.78 is 5.48. The van der Waals surface area contributed by atoms with Crippen LogP contribution in [0.4, 0.5) is 0 Å². The average Bonchev–Trinajstić information content (AvgIpc) is 1.78. The van der Waals surface area contributed by atoms with Crippen molar-refractivity contribution in [2.24, 2.45) is 5.41 Å². The number of methoxy groups -OCH3 is 1. The molecular formula is C11H21NO. The molecule has 13 heavy (non-hydrogen) atoms. The number of hydrogen-bond acceptors (Lipinski definition) is 2. The lowest BCUT2D eigenvalue weighted by molar-refractivity contribution is -0.191. The fraction of sp³-hybridized carbons (Fsp3) is 1.00. The van der Waals surface area contributed by atoms with Crippen LogP contribution in [0.25, 0.3) is 0 Å². The van der Waals surface area contributed by atoms with Gasteiger partial charge >= 0.3 is 0 Å². The Morgan fingerprint density at radius 1 is 1.31 bits per heavy atom. The predicted octanol–water partition coefficient (Wildman–Crippen LogP) is 1.90. The molecule has 1 saturated heterocycles. The van der Waals surface area contributed by atoms with E-state index in [-0.39, 0.29) is 0 Å². The molecule has 1 spiro atoms. The first-order valence-corrected chi connectivity index (χ1v) is 5.26. The number of hydrogen-bond donors (Lipinski definition) is 0. The lowest BCUT2D eigenvalue weighted by Crippen LogP contribution is -2.70. The minimum Gasteiger partial charge on any atom is -0.381 e. The average molecular weight is 183 g/mol. The van der Waals surface area contributed by atoms with Crippen LogP contribution in [-0.4, -0.2) is 36.7 Å². The highest BCUT2D eigenvalue weighted by Crippen LogP contribution is 2.51. The molecule has 2 nitrogen and oxygen atoms in total. The van der Waals surface area contributed by atoms with Crippen molar-refractivity contribution in [3.8, 4) is 0 Å². The Balaban J connectivity index is 1.90. The minimum absolute atomic E-state index is 0.346. The first kappa shape index (κ1) is 9.47. The van der Waals surface area contributed by atoms with E-state index in [0.717, 1.165) is 0 Å². The first-order valence-electron chi connectivity index (χ1n) is 5.26. The molecule has 1 atom stereocenters. The van der Waals surface area contributed by atoms with Crippen LogP contribution in [0.15, 0.2) is 0 Å². The molecule has 2 fully saturated rings. The van der Waals surface area contributed by atoms with E-state index in [1.807, 2.05) is 7.11 Å². The molecule has 0 bridgehead atoms. The highest BCUT2D eigenvalue weighted by molar-refractivity contribution is 5.09.